The van der Waals surface area contributed by atoms with Crippen LogP contribution in [0, 0.1) is 11.7 Å². The van der Waals surface area contributed by atoms with E-state index >= 15 is 0 Å². The third kappa shape index (κ3) is 4.51. The molecule has 0 bridgehead atoms. The van der Waals surface area contributed by atoms with Gasteiger partial charge in [0, 0.05) is 23.7 Å². The highest BCUT2D eigenvalue weighted by Crippen LogP contribution is 2.36. The van der Waals surface area contributed by atoms with Gasteiger partial charge in [-0.05, 0) is 48.2 Å². The normalized spacial score (nSPS) is 11.2. The van der Waals surface area contributed by atoms with Crippen LogP contribution in [0.1, 0.15) is 24.2 Å². The van der Waals surface area contributed by atoms with Crippen molar-refractivity contribution >= 4 is 57.6 Å². The molecule has 1 aromatic heterocycles. The summed E-state index contributed by atoms with van der Waals surface area (Å²) in [6.45, 7) is 4.54. The van der Waals surface area contributed by atoms with Crippen LogP contribution in [0.2, 0.25) is 10.0 Å². The average molecular weight is 426 g/mol. The summed E-state index contributed by atoms with van der Waals surface area (Å²) in [6, 6.07) is 7.93. The predicted molar refractivity (Wildman–Crippen MR) is 111 cm³/mol. The van der Waals surface area contributed by atoms with E-state index in [2.05, 4.69) is 15.0 Å². The molecule has 0 saturated heterocycles. The molecule has 0 saturated carbocycles. The Morgan fingerprint density at radius 2 is 2.00 bits per heavy atom. The van der Waals surface area contributed by atoms with Gasteiger partial charge >= 0.3 is 0 Å². The number of H-pyrrole nitrogens is 1. The van der Waals surface area contributed by atoms with Crippen molar-refractivity contribution in [2.75, 3.05) is 11.3 Å². The van der Waals surface area contributed by atoms with Gasteiger partial charge in [-0.3, -0.25) is 4.79 Å². The van der Waals surface area contributed by atoms with Crippen molar-refractivity contribution < 1.29 is 9.18 Å². The topological polar surface area (TPSA) is 56.9 Å². The van der Waals surface area contributed by atoms with Crippen LogP contribution in [0.4, 0.5) is 10.1 Å². The summed E-state index contributed by atoms with van der Waals surface area (Å²) in [7, 11) is 0. The van der Waals surface area contributed by atoms with Gasteiger partial charge in [-0.15, -0.1) is 0 Å². The summed E-state index contributed by atoms with van der Waals surface area (Å²) < 4.78 is 17.5. The van der Waals surface area contributed by atoms with E-state index in [1.807, 2.05) is 13.8 Å². The zero-order valence-electron chi connectivity index (χ0n) is 14.7. The van der Waals surface area contributed by atoms with Gasteiger partial charge in [0.15, 0.2) is 0 Å². The number of halogens is 3. The third-order valence-corrected chi connectivity index (χ3v) is 5.36. The lowest BCUT2D eigenvalue weighted by atomic mass is 10.2. The first-order valence-electron chi connectivity index (χ1n) is 8.32. The maximum absolute atomic E-state index is 14.4. The number of carbonyl (C=O) groups is 1. The van der Waals surface area contributed by atoms with Crippen LogP contribution >= 0.6 is 35.1 Å². The average Bonchev–Trinajstić information content (AvgIpc) is 3.03. The lowest BCUT2D eigenvalue weighted by Crippen LogP contribution is -2.27. The molecule has 3 N–H and O–H groups in total. The number of fused-ring (bicyclic) bond motifs is 1. The first kappa shape index (κ1) is 19.9. The van der Waals surface area contributed by atoms with Crippen molar-refractivity contribution in [3.8, 4) is 0 Å². The minimum absolute atomic E-state index is 0.285. The van der Waals surface area contributed by atoms with Crippen molar-refractivity contribution in [3.63, 3.8) is 0 Å². The molecule has 0 spiro atoms. The van der Waals surface area contributed by atoms with Crippen LogP contribution in [-0.4, -0.2) is 17.4 Å². The molecule has 1 heterocycles. The summed E-state index contributed by atoms with van der Waals surface area (Å²) >= 11 is 13.4. The van der Waals surface area contributed by atoms with Crippen LogP contribution in [0.15, 0.2) is 41.4 Å². The quantitative estimate of drug-likeness (QED) is 0.417. The molecule has 3 aromatic rings. The van der Waals surface area contributed by atoms with Crippen LogP contribution in [0.3, 0.4) is 0 Å². The standard InChI is InChI=1S/C19H18Cl2FN3OS/c1-10(2)8-24-19(26)11-3-6-16(14(22)7-11)27-25-15-5-4-12(20)17-13(21)9-23-18(15)17/h3-7,9-10,23,25H,8H2,1-2H3,(H,24,26). The van der Waals surface area contributed by atoms with Crippen molar-refractivity contribution in [2.45, 2.75) is 18.7 Å². The minimum Gasteiger partial charge on any atom is -0.358 e. The molecule has 27 heavy (non-hydrogen) atoms. The van der Waals surface area contributed by atoms with Gasteiger partial charge in [-0.1, -0.05) is 37.0 Å². The Morgan fingerprint density at radius 1 is 1.22 bits per heavy atom. The number of aromatic nitrogens is 1. The van der Waals surface area contributed by atoms with Crippen LogP contribution in [-0.2, 0) is 0 Å². The highest BCUT2D eigenvalue weighted by molar-refractivity contribution is 8.00. The molecule has 3 rings (SSSR count). The zero-order chi connectivity index (χ0) is 19.6. The zero-order valence-corrected chi connectivity index (χ0v) is 17.0. The first-order valence-corrected chi connectivity index (χ1v) is 9.89. The summed E-state index contributed by atoms with van der Waals surface area (Å²) in [6.07, 6.45) is 1.65. The molecule has 0 fully saturated rings. The van der Waals surface area contributed by atoms with Gasteiger partial charge < -0.3 is 15.0 Å². The molecule has 0 unspecified atom stereocenters. The summed E-state index contributed by atoms with van der Waals surface area (Å²) in [5.41, 5.74) is 1.76. The van der Waals surface area contributed by atoms with E-state index in [1.54, 1.807) is 30.5 Å². The van der Waals surface area contributed by atoms with E-state index in [0.29, 0.717) is 38.4 Å². The number of hydrogen-bond acceptors (Lipinski definition) is 3. The molecule has 0 atom stereocenters. The lowest BCUT2D eigenvalue weighted by Gasteiger charge is -2.10. The summed E-state index contributed by atoms with van der Waals surface area (Å²) in [5.74, 6) is -0.428. The number of hydrogen-bond donors (Lipinski definition) is 3. The number of aromatic amines is 1. The Morgan fingerprint density at radius 3 is 2.70 bits per heavy atom. The number of anilines is 1. The first-order chi connectivity index (χ1) is 12.9. The highest BCUT2D eigenvalue weighted by atomic mass is 35.5. The minimum atomic E-state index is -0.473. The Hall–Kier alpha value is -1.89. The molecule has 4 nitrogen and oxygen atoms in total. The second-order valence-corrected chi connectivity index (χ2v) is 8.10. The fourth-order valence-corrected chi connectivity index (χ4v) is 3.73. The lowest BCUT2D eigenvalue weighted by molar-refractivity contribution is 0.0948. The van der Waals surface area contributed by atoms with Crippen LogP contribution in [0.25, 0.3) is 10.9 Å². The Labute approximate surface area is 170 Å². The number of amides is 1. The summed E-state index contributed by atoms with van der Waals surface area (Å²) in [4.78, 5) is 15.5. The van der Waals surface area contributed by atoms with E-state index in [9.17, 15) is 9.18 Å². The fraction of sp³-hybridized carbons (Fsp3) is 0.211. The van der Waals surface area contributed by atoms with Gasteiger partial charge in [-0.2, -0.15) is 0 Å². The van der Waals surface area contributed by atoms with Gasteiger partial charge in [0.1, 0.15) is 5.82 Å². The van der Waals surface area contributed by atoms with Gasteiger partial charge in [-0.25, -0.2) is 4.39 Å². The van der Waals surface area contributed by atoms with E-state index in [-0.39, 0.29) is 5.91 Å². The second-order valence-electron chi connectivity index (χ2n) is 6.43. The number of nitrogens with one attached hydrogen (secondary N) is 3. The van der Waals surface area contributed by atoms with E-state index in [1.165, 1.54) is 6.07 Å². The molecule has 0 radical (unpaired) electrons. The maximum Gasteiger partial charge on any atom is 0.251 e. The molecule has 142 valence electrons. The molecule has 0 aliphatic heterocycles. The molecule has 0 aliphatic rings. The SMILES string of the molecule is CC(C)CNC(=O)c1ccc(SNc2ccc(Cl)c3c(Cl)c[nH]c23)c(F)c1. The smallest absolute Gasteiger partial charge is 0.251 e. The van der Waals surface area contributed by atoms with Gasteiger partial charge in [0.2, 0.25) is 0 Å². The van der Waals surface area contributed by atoms with Crippen LogP contribution < -0.4 is 10.0 Å². The molecule has 0 aliphatic carbocycles. The molecule has 8 heteroatoms. The summed E-state index contributed by atoms with van der Waals surface area (Å²) in [5, 5.41) is 4.54. The Kier molecular flexibility index (Phi) is 6.19. The highest BCUT2D eigenvalue weighted by Gasteiger charge is 2.13. The van der Waals surface area contributed by atoms with Crippen LogP contribution in [0.5, 0.6) is 0 Å². The predicted octanol–water partition coefficient (Wildman–Crippen LogP) is 6.12. The van der Waals surface area contributed by atoms with Gasteiger partial charge in [0.05, 0.1) is 26.1 Å². The fourth-order valence-electron chi connectivity index (χ4n) is 2.49. The van der Waals surface area contributed by atoms with Gasteiger partial charge in [0.25, 0.3) is 5.91 Å². The van der Waals surface area contributed by atoms with Crippen molar-refractivity contribution in [1.29, 1.82) is 0 Å². The monoisotopic (exact) mass is 425 g/mol. The van der Waals surface area contributed by atoms with Crippen molar-refractivity contribution in [2.24, 2.45) is 5.92 Å². The maximum atomic E-state index is 14.4. The number of carbonyl (C=O) groups excluding carboxylic acids is 1. The molecular weight excluding hydrogens is 408 g/mol. The molecule has 1 amide bonds. The number of benzene rings is 2. The Balaban J connectivity index is 1.74. The molecular formula is C19H18Cl2FN3OS. The van der Waals surface area contributed by atoms with E-state index in [4.69, 9.17) is 23.2 Å². The third-order valence-electron chi connectivity index (χ3n) is 3.87. The number of rotatable bonds is 6. The largest absolute Gasteiger partial charge is 0.358 e. The van der Waals surface area contributed by atoms with Crippen molar-refractivity contribution in [3.05, 3.63) is 58.0 Å². The second kappa shape index (κ2) is 8.42. The van der Waals surface area contributed by atoms with Crippen molar-refractivity contribution in [1.82, 2.24) is 10.3 Å². The van der Waals surface area contributed by atoms with E-state index < -0.39 is 5.82 Å². The Bertz CT molecular complexity index is 990. The molecule has 2 aromatic carbocycles. The van der Waals surface area contributed by atoms with E-state index in [0.717, 1.165) is 23.2 Å².